The highest BCUT2D eigenvalue weighted by atomic mass is 32.2. The summed E-state index contributed by atoms with van der Waals surface area (Å²) in [6.07, 6.45) is 7.17. The fourth-order valence-corrected chi connectivity index (χ4v) is 4.26. The molecule has 2 fully saturated rings. The van der Waals surface area contributed by atoms with E-state index in [0.717, 1.165) is 25.2 Å². The largest absolute Gasteiger partial charge is 0.298 e. The van der Waals surface area contributed by atoms with Crippen molar-refractivity contribution in [2.75, 3.05) is 5.75 Å². The zero-order valence-electron chi connectivity index (χ0n) is 9.92. The normalized spacial score (nSPS) is 41.7. The molecule has 0 aromatic carbocycles. The molecule has 0 aromatic heterocycles. The van der Waals surface area contributed by atoms with Crippen LogP contribution < -0.4 is 0 Å². The Morgan fingerprint density at radius 3 is 2.47 bits per heavy atom. The van der Waals surface area contributed by atoms with Crippen molar-refractivity contribution in [2.45, 2.75) is 57.1 Å². The Balaban J connectivity index is 1.95. The lowest BCUT2D eigenvalue weighted by Gasteiger charge is -2.31. The van der Waals surface area contributed by atoms with E-state index >= 15 is 0 Å². The minimum absolute atomic E-state index is 0.0226. The van der Waals surface area contributed by atoms with Crippen LogP contribution in [0.5, 0.6) is 0 Å². The topological polar surface area (TPSA) is 17.1 Å². The molecule has 0 amide bonds. The quantitative estimate of drug-likeness (QED) is 0.714. The molecule has 0 bridgehead atoms. The van der Waals surface area contributed by atoms with Crippen LogP contribution in [0.1, 0.15) is 52.4 Å². The van der Waals surface area contributed by atoms with Crippen LogP contribution in [0.25, 0.3) is 0 Å². The number of hydrogen-bond acceptors (Lipinski definition) is 2. The summed E-state index contributed by atoms with van der Waals surface area (Å²) in [5, 5.41) is 0. The van der Waals surface area contributed by atoms with E-state index in [1.54, 1.807) is 0 Å². The maximum absolute atomic E-state index is 12.4. The fraction of sp³-hybridized carbons (Fsp3) is 0.923. The Morgan fingerprint density at radius 1 is 1.27 bits per heavy atom. The Kier molecular flexibility index (Phi) is 3.44. The second-order valence-corrected chi connectivity index (χ2v) is 7.10. The Bertz CT molecular complexity index is 235. The summed E-state index contributed by atoms with van der Waals surface area (Å²) >= 11 is 1.90. The van der Waals surface area contributed by atoms with Crippen LogP contribution in [0.15, 0.2) is 0 Å². The van der Waals surface area contributed by atoms with E-state index in [1.807, 2.05) is 11.8 Å². The minimum Gasteiger partial charge on any atom is -0.298 e. The maximum atomic E-state index is 12.4. The van der Waals surface area contributed by atoms with Crippen molar-refractivity contribution in [1.82, 2.24) is 0 Å². The van der Waals surface area contributed by atoms with E-state index in [1.165, 1.54) is 25.0 Å². The highest BCUT2D eigenvalue weighted by molar-refractivity contribution is 8.01. The van der Waals surface area contributed by atoms with E-state index in [9.17, 15) is 4.79 Å². The number of thioether (sulfide) groups is 1. The molecule has 0 spiro atoms. The number of rotatable bonds is 2. The van der Waals surface area contributed by atoms with Gasteiger partial charge >= 0.3 is 0 Å². The minimum atomic E-state index is -0.0226. The summed E-state index contributed by atoms with van der Waals surface area (Å²) < 4.78 is -0.0226. The number of carbonyl (C=O) groups excluding carboxylic acids is 1. The second kappa shape index (κ2) is 4.48. The number of hydrogen-bond donors (Lipinski definition) is 0. The SMILES string of the molecule is CC1CCC(C(=O)C2(C)CCCS2)CC1. The predicted octanol–water partition coefficient (Wildman–Crippen LogP) is 3.67. The fourth-order valence-electron chi connectivity index (χ4n) is 2.93. The second-order valence-electron chi connectivity index (χ2n) is 5.50. The number of carbonyl (C=O) groups is 1. The van der Waals surface area contributed by atoms with Gasteiger partial charge in [-0.05, 0) is 44.3 Å². The van der Waals surface area contributed by atoms with Gasteiger partial charge in [-0.15, -0.1) is 11.8 Å². The van der Waals surface area contributed by atoms with Crippen molar-refractivity contribution in [3.8, 4) is 0 Å². The van der Waals surface area contributed by atoms with Gasteiger partial charge in [0.25, 0.3) is 0 Å². The summed E-state index contributed by atoms with van der Waals surface area (Å²) in [5.41, 5.74) is 0. The molecule has 0 aromatic rings. The van der Waals surface area contributed by atoms with Crippen molar-refractivity contribution < 1.29 is 4.79 Å². The first-order valence-corrected chi connectivity index (χ1v) is 7.29. The lowest BCUT2D eigenvalue weighted by Crippen LogP contribution is -2.36. The molecule has 1 heterocycles. The van der Waals surface area contributed by atoms with Gasteiger partial charge in [0.15, 0.2) is 5.78 Å². The predicted molar refractivity (Wildman–Crippen MR) is 66.2 cm³/mol. The Morgan fingerprint density at radius 2 is 1.93 bits per heavy atom. The van der Waals surface area contributed by atoms with Gasteiger partial charge in [-0.1, -0.05) is 19.8 Å². The molecule has 1 unspecified atom stereocenters. The van der Waals surface area contributed by atoms with Crippen LogP contribution in [0.3, 0.4) is 0 Å². The average Bonchev–Trinajstić information content (AvgIpc) is 2.67. The first-order valence-electron chi connectivity index (χ1n) is 6.30. The van der Waals surface area contributed by atoms with Crippen LogP contribution in [0, 0.1) is 11.8 Å². The van der Waals surface area contributed by atoms with Crippen LogP contribution in [-0.4, -0.2) is 16.3 Å². The smallest absolute Gasteiger partial charge is 0.151 e. The first kappa shape index (κ1) is 11.5. The van der Waals surface area contributed by atoms with E-state index in [-0.39, 0.29) is 4.75 Å². The highest BCUT2D eigenvalue weighted by Crippen LogP contribution is 2.43. The van der Waals surface area contributed by atoms with Crippen molar-refractivity contribution in [1.29, 1.82) is 0 Å². The zero-order chi connectivity index (χ0) is 10.9. The molecule has 2 aliphatic rings. The third-order valence-electron chi connectivity index (χ3n) is 4.13. The standard InChI is InChI=1S/C13H22OS/c1-10-4-6-11(7-5-10)12(14)13(2)8-3-9-15-13/h10-11H,3-9H2,1-2H3. The first-order chi connectivity index (χ1) is 7.12. The maximum Gasteiger partial charge on any atom is 0.151 e. The molecule has 0 N–H and O–H groups in total. The van der Waals surface area contributed by atoms with Gasteiger partial charge in [0.1, 0.15) is 0 Å². The van der Waals surface area contributed by atoms with Gasteiger partial charge in [-0.2, -0.15) is 0 Å². The molecule has 1 aliphatic heterocycles. The van der Waals surface area contributed by atoms with Crippen LogP contribution in [0.4, 0.5) is 0 Å². The Labute approximate surface area is 97.4 Å². The van der Waals surface area contributed by atoms with Gasteiger partial charge in [0.2, 0.25) is 0 Å². The summed E-state index contributed by atoms with van der Waals surface area (Å²) in [6, 6.07) is 0. The molecule has 1 aliphatic carbocycles. The molecular weight excluding hydrogens is 204 g/mol. The van der Waals surface area contributed by atoms with Gasteiger partial charge in [-0.25, -0.2) is 0 Å². The summed E-state index contributed by atoms with van der Waals surface area (Å²) in [6.45, 7) is 4.48. The monoisotopic (exact) mass is 226 g/mol. The lowest BCUT2D eigenvalue weighted by molar-refractivity contribution is -0.126. The number of ketones is 1. The van der Waals surface area contributed by atoms with E-state index in [4.69, 9.17) is 0 Å². The van der Waals surface area contributed by atoms with Crippen molar-refractivity contribution in [3.63, 3.8) is 0 Å². The van der Waals surface area contributed by atoms with Crippen LogP contribution in [-0.2, 0) is 4.79 Å². The molecule has 2 heteroatoms. The highest BCUT2D eigenvalue weighted by Gasteiger charge is 2.41. The van der Waals surface area contributed by atoms with E-state index in [2.05, 4.69) is 13.8 Å². The molecular formula is C13H22OS. The zero-order valence-corrected chi connectivity index (χ0v) is 10.7. The molecule has 0 radical (unpaired) electrons. The van der Waals surface area contributed by atoms with Crippen LogP contribution in [0.2, 0.25) is 0 Å². The van der Waals surface area contributed by atoms with Crippen molar-refractivity contribution in [2.24, 2.45) is 11.8 Å². The lowest BCUT2D eigenvalue weighted by atomic mass is 9.77. The third-order valence-corrected chi connectivity index (χ3v) is 5.66. The van der Waals surface area contributed by atoms with Gasteiger partial charge in [0.05, 0.1) is 4.75 Å². The van der Waals surface area contributed by atoms with Gasteiger partial charge in [-0.3, -0.25) is 4.79 Å². The van der Waals surface area contributed by atoms with E-state index in [0.29, 0.717) is 11.7 Å². The molecule has 2 rings (SSSR count). The van der Waals surface area contributed by atoms with Gasteiger partial charge < -0.3 is 0 Å². The molecule has 1 saturated heterocycles. The molecule has 86 valence electrons. The van der Waals surface area contributed by atoms with E-state index < -0.39 is 0 Å². The van der Waals surface area contributed by atoms with Crippen LogP contribution >= 0.6 is 11.8 Å². The summed E-state index contributed by atoms with van der Waals surface area (Å²) in [7, 11) is 0. The summed E-state index contributed by atoms with van der Waals surface area (Å²) in [5.74, 6) is 2.98. The third kappa shape index (κ3) is 2.41. The molecule has 15 heavy (non-hydrogen) atoms. The molecule has 1 nitrogen and oxygen atoms in total. The number of Topliss-reactive ketones (excluding diaryl/α,β-unsaturated/α-hetero) is 1. The van der Waals surface area contributed by atoms with Crippen molar-refractivity contribution >= 4 is 17.5 Å². The summed E-state index contributed by atoms with van der Waals surface area (Å²) in [4.78, 5) is 12.4. The Hall–Kier alpha value is 0.0200. The average molecular weight is 226 g/mol. The van der Waals surface area contributed by atoms with Gasteiger partial charge in [0, 0.05) is 5.92 Å². The van der Waals surface area contributed by atoms with Crippen molar-refractivity contribution in [3.05, 3.63) is 0 Å². The molecule has 1 atom stereocenters. The molecule has 1 saturated carbocycles.